The van der Waals surface area contributed by atoms with Crippen molar-refractivity contribution in [3.63, 3.8) is 0 Å². The molecule has 0 saturated heterocycles. The zero-order valence-corrected chi connectivity index (χ0v) is 11.5. The molecule has 2 aromatic rings. The van der Waals surface area contributed by atoms with Gasteiger partial charge in [-0.2, -0.15) is 0 Å². The summed E-state index contributed by atoms with van der Waals surface area (Å²) >= 11 is 1.68. The van der Waals surface area contributed by atoms with Gasteiger partial charge in [-0.1, -0.05) is 6.07 Å². The number of likely N-dealkylation sites (N-methyl/N-ethyl adjacent to an activating group) is 1. The predicted molar refractivity (Wildman–Crippen MR) is 74.4 cm³/mol. The highest BCUT2D eigenvalue weighted by Crippen LogP contribution is 2.20. The van der Waals surface area contributed by atoms with E-state index in [2.05, 4.69) is 33.4 Å². The molecule has 0 fully saturated rings. The number of rotatable bonds is 5. The lowest BCUT2D eigenvalue weighted by atomic mass is 10.1. The molecule has 2 heterocycles. The minimum atomic E-state index is 0.181. The zero-order chi connectivity index (χ0) is 13.0. The first-order valence-corrected chi connectivity index (χ1v) is 6.80. The van der Waals surface area contributed by atoms with Crippen molar-refractivity contribution < 1.29 is 0 Å². The van der Waals surface area contributed by atoms with Crippen LogP contribution in [0.15, 0.2) is 29.9 Å². The number of aryl methyl sites for hydroxylation is 1. The van der Waals surface area contributed by atoms with Crippen molar-refractivity contribution in [3.05, 3.63) is 46.2 Å². The Balaban J connectivity index is 2.08. The molecule has 1 unspecified atom stereocenters. The molecular formula is C13H18N4S. The highest BCUT2D eigenvalue weighted by molar-refractivity contribution is 7.09. The second-order valence-corrected chi connectivity index (χ2v) is 5.37. The van der Waals surface area contributed by atoms with Gasteiger partial charge in [-0.25, -0.2) is 4.98 Å². The molecule has 0 spiro atoms. The van der Waals surface area contributed by atoms with Crippen molar-refractivity contribution in [1.29, 1.82) is 0 Å². The smallest absolute Gasteiger partial charge is 0.0897 e. The number of pyridine rings is 1. The SMILES string of the molecule is Cc1nc(CN(C)C(CN)c2cccnc2)cs1. The fraction of sp³-hybridized carbons (Fsp3) is 0.385. The monoisotopic (exact) mass is 262 g/mol. The van der Waals surface area contributed by atoms with Crippen molar-refractivity contribution in [1.82, 2.24) is 14.9 Å². The molecule has 5 heteroatoms. The first kappa shape index (κ1) is 13.1. The van der Waals surface area contributed by atoms with Gasteiger partial charge in [0.25, 0.3) is 0 Å². The molecule has 0 radical (unpaired) electrons. The molecule has 4 nitrogen and oxygen atoms in total. The molecule has 0 aromatic carbocycles. The summed E-state index contributed by atoms with van der Waals surface area (Å²) in [7, 11) is 2.07. The van der Waals surface area contributed by atoms with E-state index in [1.54, 1.807) is 17.5 Å². The summed E-state index contributed by atoms with van der Waals surface area (Å²) in [4.78, 5) is 10.8. The minimum absolute atomic E-state index is 0.181. The minimum Gasteiger partial charge on any atom is -0.329 e. The second-order valence-electron chi connectivity index (χ2n) is 4.31. The molecule has 2 aromatic heterocycles. The van der Waals surface area contributed by atoms with Gasteiger partial charge < -0.3 is 5.73 Å². The van der Waals surface area contributed by atoms with Crippen LogP contribution in [-0.2, 0) is 6.54 Å². The Morgan fingerprint density at radius 3 is 2.89 bits per heavy atom. The fourth-order valence-corrected chi connectivity index (χ4v) is 2.59. The van der Waals surface area contributed by atoms with Crippen LogP contribution in [-0.4, -0.2) is 28.5 Å². The normalized spacial score (nSPS) is 12.9. The van der Waals surface area contributed by atoms with Crippen LogP contribution in [0.1, 0.15) is 22.3 Å². The van der Waals surface area contributed by atoms with E-state index in [1.165, 1.54) is 0 Å². The van der Waals surface area contributed by atoms with Crippen LogP contribution in [0.4, 0.5) is 0 Å². The van der Waals surface area contributed by atoms with Crippen LogP contribution in [0.5, 0.6) is 0 Å². The summed E-state index contributed by atoms with van der Waals surface area (Å²) in [6.45, 7) is 3.40. The van der Waals surface area contributed by atoms with E-state index in [0.29, 0.717) is 6.54 Å². The third kappa shape index (κ3) is 3.13. The molecule has 18 heavy (non-hydrogen) atoms. The van der Waals surface area contributed by atoms with Crippen LogP contribution < -0.4 is 5.73 Å². The molecule has 2 N–H and O–H groups in total. The summed E-state index contributed by atoms with van der Waals surface area (Å²) in [6.07, 6.45) is 3.65. The van der Waals surface area contributed by atoms with Gasteiger partial charge in [-0.15, -0.1) is 11.3 Å². The molecule has 0 saturated carbocycles. The quantitative estimate of drug-likeness (QED) is 0.895. The van der Waals surface area contributed by atoms with E-state index in [9.17, 15) is 0 Å². The topological polar surface area (TPSA) is 55.0 Å². The molecule has 96 valence electrons. The Morgan fingerprint density at radius 1 is 1.50 bits per heavy atom. The standard InChI is InChI=1S/C13H18N4S/c1-10-16-12(9-18-10)8-17(2)13(6-14)11-4-3-5-15-7-11/h3-5,7,9,13H,6,8,14H2,1-2H3. The fourth-order valence-electron chi connectivity index (χ4n) is 1.99. The van der Waals surface area contributed by atoms with E-state index in [0.717, 1.165) is 22.8 Å². The third-order valence-corrected chi connectivity index (χ3v) is 3.72. The number of hydrogen-bond acceptors (Lipinski definition) is 5. The average molecular weight is 262 g/mol. The van der Waals surface area contributed by atoms with Crippen LogP contribution in [0.2, 0.25) is 0 Å². The van der Waals surface area contributed by atoms with Gasteiger partial charge in [0.05, 0.1) is 10.7 Å². The molecule has 0 amide bonds. The van der Waals surface area contributed by atoms with Crippen LogP contribution >= 0.6 is 11.3 Å². The van der Waals surface area contributed by atoms with E-state index in [4.69, 9.17) is 5.73 Å². The highest BCUT2D eigenvalue weighted by Gasteiger charge is 2.16. The molecule has 0 bridgehead atoms. The van der Waals surface area contributed by atoms with E-state index < -0.39 is 0 Å². The number of nitrogens with zero attached hydrogens (tertiary/aromatic N) is 3. The van der Waals surface area contributed by atoms with Crippen LogP contribution in [0, 0.1) is 6.92 Å². The molecule has 0 aliphatic carbocycles. The maximum atomic E-state index is 5.88. The van der Waals surface area contributed by atoms with Crippen LogP contribution in [0.3, 0.4) is 0 Å². The summed E-state index contributed by atoms with van der Waals surface area (Å²) in [6, 6.07) is 4.19. The summed E-state index contributed by atoms with van der Waals surface area (Å²) in [5.41, 5.74) is 8.12. The Hall–Kier alpha value is -1.30. The van der Waals surface area contributed by atoms with Gasteiger partial charge in [0.1, 0.15) is 0 Å². The van der Waals surface area contributed by atoms with E-state index in [1.807, 2.05) is 19.2 Å². The number of thiazole rings is 1. The van der Waals surface area contributed by atoms with Gasteiger partial charge in [0.15, 0.2) is 0 Å². The second kappa shape index (κ2) is 6.04. The van der Waals surface area contributed by atoms with Gasteiger partial charge in [-0.3, -0.25) is 9.88 Å². The third-order valence-electron chi connectivity index (χ3n) is 2.90. The molecule has 0 aliphatic heterocycles. The lowest BCUT2D eigenvalue weighted by Gasteiger charge is -2.26. The molecular weight excluding hydrogens is 244 g/mol. The van der Waals surface area contributed by atoms with Crippen LogP contribution in [0.25, 0.3) is 0 Å². The Kier molecular flexibility index (Phi) is 4.41. The summed E-state index contributed by atoms with van der Waals surface area (Å²) < 4.78 is 0. The lowest BCUT2D eigenvalue weighted by Crippen LogP contribution is -2.30. The maximum absolute atomic E-state index is 5.88. The van der Waals surface area contributed by atoms with Crippen molar-refractivity contribution in [2.45, 2.75) is 19.5 Å². The summed E-state index contributed by atoms with van der Waals surface area (Å²) in [5.74, 6) is 0. The average Bonchev–Trinajstić information content (AvgIpc) is 2.77. The zero-order valence-electron chi connectivity index (χ0n) is 10.7. The van der Waals surface area contributed by atoms with Gasteiger partial charge in [-0.05, 0) is 25.6 Å². The molecule has 1 atom stereocenters. The Labute approximate surface area is 111 Å². The van der Waals surface area contributed by atoms with Crippen molar-refractivity contribution in [3.8, 4) is 0 Å². The predicted octanol–water partition coefficient (Wildman–Crippen LogP) is 1.98. The lowest BCUT2D eigenvalue weighted by molar-refractivity contribution is 0.239. The Morgan fingerprint density at radius 2 is 2.33 bits per heavy atom. The molecule has 0 aliphatic rings. The van der Waals surface area contributed by atoms with Gasteiger partial charge >= 0.3 is 0 Å². The largest absolute Gasteiger partial charge is 0.329 e. The maximum Gasteiger partial charge on any atom is 0.0897 e. The summed E-state index contributed by atoms with van der Waals surface area (Å²) in [5, 5.41) is 3.20. The van der Waals surface area contributed by atoms with Gasteiger partial charge in [0.2, 0.25) is 0 Å². The first-order chi connectivity index (χ1) is 8.70. The highest BCUT2D eigenvalue weighted by atomic mass is 32.1. The van der Waals surface area contributed by atoms with E-state index >= 15 is 0 Å². The number of hydrogen-bond donors (Lipinski definition) is 1. The first-order valence-electron chi connectivity index (χ1n) is 5.92. The number of nitrogens with two attached hydrogens (primary N) is 1. The molecule has 2 rings (SSSR count). The van der Waals surface area contributed by atoms with E-state index in [-0.39, 0.29) is 6.04 Å². The Bertz CT molecular complexity index is 483. The number of aromatic nitrogens is 2. The van der Waals surface area contributed by atoms with Gasteiger partial charge in [0, 0.05) is 36.9 Å². The van der Waals surface area contributed by atoms with Crippen molar-refractivity contribution >= 4 is 11.3 Å². The van der Waals surface area contributed by atoms with Crippen molar-refractivity contribution in [2.75, 3.05) is 13.6 Å². The van der Waals surface area contributed by atoms with Crippen molar-refractivity contribution in [2.24, 2.45) is 5.73 Å².